The van der Waals surface area contributed by atoms with Crippen LogP contribution in [-0.4, -0.2) is 22.5 Å². The Bertz CT molecular complexity index is 1350. The summed E-state index contributed by atoms with van der Waals surface area (Å²) >= 11 is 0. The molecule has 0 aliphatic rings. The fraction of sp³-hybridized carbons (Fsp3) is 0.250. The number of hydrogen-bond acceptors (Lipinski definition) is 4. The Morgan fingerprint density at radius 2 is 1.94 bits per heavy atom. The molecule has 0 saturated heterocycles. The predicted molar refractivity (Wildman–Crippen MR) is 117 cm³/mol. The summed E-state index contributed by atoms with van der Waals surface area (Å²) in [5.41, 5.74) is 3.38. The van der Waals surface area contributed by atoms with Crippen LogP contribution in [0.15, 0.2) is 45.7 Å². The first-order valence-corrected chi connectivity index (χ1v) is 10.1. The molecule has 0 atom stereocenters. The Kier molecular flexibility index (Phi) is 5.50. The maximum absolute atomic E-state index is 13.5. The van der Waals surface area contributed by atoms with Crippen molar-refractivity contribution in [2.24, 2.45) is 0 Å². The average Bonchev–Trinajstić information content (AvgIpc) is 3.13. The molecule has 2 aromatic carbocycles. The van der Waals surface area contributed by atoms with Crippen molar-refractivity contribution in [1.82, 2.24) is 10.3 Å². The number of carbonyl (C=O) groups excluding carboxylic acids is 1. The minimum Gasteiger partial charge on any atom is -0.508 e. The third kappa shape index (κ3) is 4.03. The monoisotopic (exact) mass is 422 g/mol. The van der Waals surface area contributed by atoms with Crippen LogP contribution in [0.1, 0.15) is 28.7 Å². The number of aromatic amines is 1. The first kappa shape index (κ1) is 20.7. The van der Waals surface area contributed by atoms with Crippen LogP contribution >= 0.6 is 0 Å². The Hall–Kier alpha value is -3.61. The number of phenolic OH excluding ortho intramolecular Hbond substituents is 1. The van der Waals surface area contributed by atoms with Gasteiger partial charge in [-0.05, 0) is 68.1 Å². The number of rotatable bonds is 6. The molecule has 31 heavy (non-hydrogen) atoms. The van der Waals surface area contributed by atoms with Gasteiger partial charge < -0.3 is 19.8 Å². The number of fused-ring (bicyclic) bond motifs is 2. The number of H-pyrrole nitrogens is 1. The number of aryl methyl sites for hydroxylation is 2. The molecule has 2 aromatic heterocycles. The standard InChI is InChI=1S/C24H23FN2O4/c1-13-17-4-7-21(28)14(2)23(17)31-24(30)18(13)5-8-22(29)26-10-9-15-12-27-20-6-3-16(25)11-19(15)20/h3-4,6-7,11-12,27-28H,5,8-10H2,1-2H3,(H,26,29). The first-order valence-electron chi connectivity index (χ1n) is 10.1. The van der Waals surface area contributed by atoms with Crippen molar-refractivity contribution in [2.45, 2.75) is 33.1 Å². The van der Waals surface area contributed by atoms with Crippen molar-refractivity contribution >= 4 is 27.8 Å². The van der Waals surface area contributed by atoms with Crippen molar-refractivity contribution in [3.8, 4) is 5.75 Å². The molecule has 1 amide bonds. The maximum atomic E-state index is 13.5. The summed E-state index contributed by atoms with van der Waals surface area (Å²) in [5.74, 6) is -0.403. The molecule has 0 fully saturated rings. The number of aromatic hydroxyl groups is 1. The van der Waals surface area contributed by atoms with Crippen LogP contribution < -0.4 is 10.9 Å². The number of nitrogens with one attached hydrogen (secondary N) is 2. The molecule has 7 heteroatoms. The van der Waals surface area contributed by atoms with Gasteiger partial charge in [-0.2, -0.15) is 0 Å². The van der Waals surface area contributed by atoms with Gasteiger partial charge in [0.1, 0.15) is 17.1 Å². The van der Waals surface area contributed by atoms with E-state index in [9.17, 15) is 19.1 Å². The molecule has 0 aliphatic carbocycles. The van der Waals surface area contributed by atoms with Gasteiger partial charge in [-0.15, -0.1) is 0 Å². The van der Waals surface area contributed by atoms with Gasteiger partial charge >= 0.3 is 5.63 Å². The first-order chi connectivity index (χ1) is 14.8. The number of halogens is 1. The van der Waals surface area contributed by atoms with Gasteiger partial charge in [0.2, 0.25) is 5.91 Å². The summed E-state index contributed by atoms with van der Waals surface area (Å²) in [7, 11) is 0. The van der Waals surface area contributed by atoms with E-state index in [1.165, 1.54) is 12.1 Å². The van der Waals surface area contributed by atoms with E-state index in [1.54, 1.807) is 25.1 Å². The van der Waals surface area contributed by atoms with Crippen LogP contribution in [-0.2, 0) is 17.6 Å². The lowest BCUT2D eigenvalue weighted by molar-refractivity contribution is -0.121. The van der Waals surface area contributed by atoms with E-state index in [0.717, 1.165) is 27.4 Å². The largest absolute Gasteiger partial charge is 0.508 e. The highest BCUT2D eigenvalue weighted by Crippen LogP contribution is 2.28. The second-order valence-electron chi connectivity index (χ2n) is 7.68. The van der Waals surface area contributed by atoms with E-state index in [1.807, 2.05) is 13.1 Å². The molecule has 3 N–H and O–H groups in total. The Morgan fingerprint density at radius 1 is 1.13 bits per heavy atom. The lowest BCUT2D eigenvalue weighted by atomic mass is 10.0. The summed E-state index contributed by atoms with van der Waals surface area (Å²) in [6.07, 6.45) is 2.79. The van der Waals surface area contributed by atoms with Crippen molar-refractivity contribution in [1.29, 1.82) is 0 Å². The Labute approximate surface area is 177 Å². The SMILES string of the molecule is Cc1c(CCC(=O)NCCc2c[nH]c3ccc(F)cc23)c(=O)oc2c(C)c(O)ccc12. The summed E-state index contributed by atoms with van der Waals surface area (Å²) in [5, 5.41) is 14.2. The molecule has 160 valence electrons. The van der Waals surface area contributed by atoms with Gasteiger partial charge in [0.15, 0.2) is 0 Å². The molecule has 2 heterocycles. The van der Waals surface area contributed by atoms with Crippen LogP contribution in [0.2, 0.25) is 0 Å². The third-order valence-electron chi connectivity index (χ3n) is 5.72. The maximum Gasteiger partial charge on any atom is 0.339 e. The van der Waals surface area contributed by atoms with Crippen LogP contribution in [0.3, 0.4) is 0 Å². The molecular formula is C24H23FN2O4. The normalized spacial score (nSPS) is 11.3. The Morgan fingerprint density at radius 3 is 2.74 bits per heavy atom. The van der Waals surface area contributed by atoms with E-state index in [4.69, 9.17) is 4.42 Å². The van der Waals surface area contributed by atoms with Crippen LogP contribution in [0, 0.1) is 19.7 Å². The van der Waals surface area contributed by atoms with Gasteiger partial charge in [-0.1, -0.05) is 0 Å². The van der Waals surface area contributed by atoms with Crippen LogP contribution in [0.25, 0.3) is 21.9 Å². The number of phenols is 1. The second-order valence-corrected chi connectivity index (χ2v) is 7.68. The summed E-state index contributed by atoms with van der Waals surface area (Å²) < 4.78 is 18.9. The van der Waals surface area contributed by atoms with Crippen molar-refractivity contribution in [3.05, 3.63) is 75.0 Å². The Balaban J connectivity index is 1.39. The van der Waals surface area contributed by atoms with Crippen molar-refractivity contribution < 1.29 is 18.7 Å². The summed E-state index contributed by atoms with van der Waals surface area (Å²) in [4.78, 5) is 27.8. The topological polar surface area (TPSA) is 95.3 Å². The van der Waals surface area contributed by atoms with E-state index in [0.29, 0.717) is 29.7 Å². The van der Waals surface area contributed by atoms with Gasteiger partial charge in [-0.3, -0.25) is 4.79 Å². The second kappa shape index (κ2) is 8.26. The van der Waals surface area contributed by atoms with E-state index in [2.05, 4.69) is 10.3 Å². The zero-order chi connectivity index (χ0) is 22.1. The molecule has 0 saturated carbocycles. The molecule has 4 rings (SSSR count). The van der Waals surface area contributed by atoms with Gasteiger partial charge in [0, 0.05) is 46.6 Å². The number of aromatic nitrogens is 1. The molecular weight excluding hydrogens is 399 g/mol. The van der Waals surface area contributed by atoms with Gasteiger partial charge in [-0.25, -0.2) is 9.18 Å². The molecule has 0 aliphatic heterocycles. The fourth-order valence-electron chi connectivity index (χ4n) is 3.89. The van der Waals surface area contributed by atoms with E-state index < -0.39 is 5.63 Å². The van der Waals surface area contributed by atoms with Crippen molar-refractivity contribution in [3.63, 3.8) is 0 Å². The average molecular weight is 422 g/mol. The van der Waals surface area contributed by atoms with Crippen molar-refractivity contribution in [2.75, 3.05) is 6.54 Å². The number of benzene rings is 2. The zero-order valence-corrected chi connectivity index (χ0v) is 17.3. The highest BCUT2D eigenvalue weighted by atomic mass is 19.1. The smallest absolute Gasteiger partial charge is 0.339 e. The van der Waals surface area contributed by atoms with Gasteiger partial charge in [0.25, 0.3) is 0 Å². The molecule has 0 spiro atoms. The fourth-order valence-corrected chi connectivity index (χ4v) is 3.89. The number of hydrogen-bond donors (Lipinski definition) is 3. The molecule has 0 unspecified atom stereocenters. The highest BCUT2D eigenvalue weighted by Gasteiger charge is 2.15. The summed E-state index contributed by atoms with van der Waals surface area (Å²) in [6, 6.07) is 7.85. The quantitative estimate of drug-likeness (QED) is 0.409. The lowest BCUT2D eigenvalue weighted by Crippen LogP contribution is -2.26. The predicted octanol–water partition coefficient (Wildman–Crippen LogP) is 4.03. The van der Waals surface area contributed by atoms with Crippen LogP contribution in [0.5, 0.6) is 5.75 Å². The third-order valence-corrected chi connectivity index (χ3v) is 5.72. The molecule has 0 radical (unpaired) electrons. The lowest BCUT2D eigenvalue weighted by Gasteiger charge is -2.10. The summed E-state index contributed by atoms with van der Waals surface area (Å²) in [6.45, 7) is 3.92. The zero-order valence-electron chi connectivity index (χ0n) is 17.3. The van der Waals surface area contributed by atoms with Gasteiger partial charge in [0.05, 0.1) is 0 Å². The minimum atomic E-state index is -0.493. The van der Waals surface area contributed by atoms with E-state index >= 15 is 0 Å². The van der Waals surface area contributed by atoms with Crippen LogP contribution in [0.4, 0.5) is 4.39 Å². The molecule has 0 bridgehead atoms. The number of amides is 1. The van der Waals surface area contributed by atoms with E-state index in [-0.39, 0.29) is 30.3 Å². The highest BCUT2D eigenvalue weighted by molar-refractivity contribution is 5.86. The molecule has 4 aromatic rings. The molecule has 6 nitrogen and oxygen atoms in total. The minimum absolute atomic E-state index is 0.0696. The number of carbonyl (C=O) groups is 1.